The second kappa shape index (κ2) is 5.88. The summed E-state index contributed by atoms with van der Waals surface area (Å²) in [5, 5.41) is 30.6. The summed E-state index contributed by atoms with van der Waals surface area (Å²) < 4.78 is 24.0. The first-order chi connectivity index (χ1) is 8.45. The molecule has 0 spiro atoms. The van der Waals surface area contributed by atoms with E-state index in [1.807, 2.05) is 0 Å². The minimum Gasteiger partial charge on any atom is -0.385 e. The Labute approximate surface area is 101 Å². The maximum Gasteiger partial charge on any atom is 0.287 e. The van der Waals surface area contributed by atoms with Gasteiger partial charge in [0.2, 0.25) is 0 Å². The third-order valence-electron chi connectivity index (χ3n) is 2.12. The molecular formula is C10H9F2N3O3. The van der Waals surface area contributed by atoms with Crippen LogP contribution in [0.15, 0.2) is 18.2 Å². The van der Waals surface area contributed by atoms with Gasteiger partial charge in [-0.2, -0.15) is 5.26 Å². The number of nitro benzene ring substituents is 1. The quantitative estimate of drug-likeness (QED) is 0.615. The Morgan fingerprint density at radius 2 is 2.22 bits per heavy atom. The monoisotopic (exact) mass is 257 g/mol. The van der Waals surface area contributed by atoms with E-state index in [2.05, 4.69) is 5.32 Å². The molecule has 0 saturated heterocycles. The summed E-state index contributed by atoms with van der Waals surface area (Å²) in [5.74, 6) is 0. The van der Waals surface area contributed by atoms with E-state index in [0.717, 1.165) is 12.1 Å². The molecule has 0 aliphatic heterocycles. The smallest absolute Gasteiger partial charge is 0.287 e. The van der Waals surface area contributed by atoms with Crippen LogP contribution in [0.3, 0.4) is 0 Å². The van der Waals surface area contributed by atoms with Gasteiger partial charge >= 0.3 is 0 Å². The molecule has 1 aromatic carbocycles. The molecule has 1 atom stereocenters. The van der Waals surface area contributed by atoms with Gasteiger partial charge in [0.25, 0.3) is 12.1 Å². The van der Waals surface area contributed by atoms with Crippen molar-refractivity contribution in [1.82, 2.24) is 0 Å². The molecule has 0 aromatic heterocycles. The van der Waals surface area contributed by atoms with E-state index in [4.69, 9.17) is 10.4 Å². The Bertz CT molecular complexity index is 488. The van der Waals surface area contributed by atoms with Crippen LogP contribution < -0.4 is 5.32 Å². The lowest BCUT2D eigenvalue weighted by Gasteiger charge is -2.11. The molecule has 6 nitrogen and oxygen atoms in total. The van der Waals surface area contributed by atoms with Crippen LogP contribution >= 0.6 is 0 Å². The van der Waals surface area contributed by atoms with Gasteiger partial charge in [-0.1, -0.05) is 0 Å². The number of nitrogens with one attached hydrogen (secondary N) is 1. The predicted molar refractivity (Wildman–Crippen MR) is 58.3 cm³/mol. The third kappa shape index (κ3) is 3.36. The molecule has 0 heterocycles. The second-order valence-corrected chi connectivity index (χ2v) is 3.38. The normalized spacial score (nSPS) is 11.9. The highest BCUT2D eigenvalue weighted by atomic mass is 19.3. The first-order valence-electron chi connectivity index (χ1n) is 4.84. The standard InChI is InChI=1S/C10H9F2N3O3/c11-10(12)9(16)5-14-7-1-2-8(15(17)18)6(3-7)4-13/h1-3,9-10,14,16H,5H2. The number of aliphatic hydroxyl groups excluding tert-OH is 1. The van der Waals surface area contributed by atoms with Crippen molar-refractivity contribution >= 4 is 11.4 Å². The molecule has 0 amide bonds. The topological polar surface area (TPSA) is 99.2 Å². The van der Waals surface area contributed by atoms with Crippen molar-refractivity contribution in [2.24, 2.45) is 0 Å². The van der Waals surface area contributed by atoms with Crippen molar-refractivity contribution in [1.29, 1.82) is 5.26 Å². The van der Waals surface area contributed by atoms with E-state index in [-0.39, 0.29) is 16.9 Å². The first-order valence-corrected chi connectivity index (χ1v) is 4.84. The van der Waals surface area contributed by atoms with Crippen LogP contribution in [0.2, 0.25) is 0 Å². The molecule has 18 heavy (non-hydrogen) atoms. The average Bonchev–Trinajstić information content (AvgIpc) is 2.34. The summed E-state index contributed by atoms with van der Waals surface area (Å²) in [6.45, 7) is -0.416. The zero-order valence-electron chi connectivity index (χ0n) is 9.01. The van der Waals surface area contributed by atoms with E-state index in [9.17, 15) is 18.9 Å². The van der Waals surface area contributed by atoms with Gasteiger partial charge in [-0.15, -0.1) is 0 Å². The Kier molecular flexibility index (Phi) is 4.51. The van der Waals surface area contributed by atoms with Gasteiger partial charge in [0.1, 0.15) is 17.7 Å². The SMILES string of the molecule is N#Cc1cc(NCC(O)C(F)F)ccc1[N+](=O)[O-]. The van der Waals surface area contributed by atoms with Crippen LogP contribution in [-0.4, -0.2) is 29.1 Å². The van der Waals surface area contributed by atoms with Crippen LogP contribution in [0.4, 0.5) is 20.2 Å². The fourth-order valence-corrected chi connectivity index (χ4v) is 1.21. The van der Waals surface area contributed by atoms with Gasteiger partial charge in [0, 0.05) is 18.3 Å². The lowest BCUT2D eigenvalue weighted by molar-refractivity contribution is -0.385. The van der Waals surface area contributed by atoms with Crippen LogP contribution in [0.25, 0.3) is 0 Å². The molecule has 0 saturated carbocycles. The van der Waals surface area contributed by atoms with Crippen LogP contribution in [-0.2, 0) is 0 Å². The highest BCUT2D eigenvalue weighted by Gasteiger charge is 2.17. The van der Waals surface area contributed by atoms with Crippen LogP contribution in [0, 0.1) is 21.4 Å². The Hall–Kier alpha value is -2.27. The third-order valence-corrected chi connectivity index (χ3v) is 2.12. The number of aliphatic hydroxyl groups is 1. The molecule has 1 rings (SSSR count). The largest absolute Gasteiger partial charge is 0.385 e. The number of halogens is 2. The number of hydrogen-bond donors (Lipinski definition) is 2. The number of alkyl halides is 2. The van der Waals surface area contributed by atoms with E-state index in [1.165, 1.54) is 6.07 Å². The Morgan fingerprint density at radius 1 is 1.56 bits per heavy atom. The summed E-state index contributed by atoms with van der Waals surface area (Å²) in [6.07, 6.45) is -4.73. The van der Waals surface area contributed by atoms with Gasteiger partial charge in [-0.25, -0.2) is 8.78 Å². The van der Waals surface area contributed by atoms with Crippen molar-refractivity contribution in [2.45, 2.75) is 12.5 Å². The minimum absolute atomic E-state index is 0.184. The van der Waals surface area contributed by atoms with Crippen molar-refractivity contribution in [3.8, 4) is 6.07 Å². The lowest BCUT2D eigenvalue weighted by atomic mass is 10.1. The highest BCUT2D eigenvalue weighted by Crippen LogP contribution is 2.21. The van der Waals surface area contributed by atoms with Crippen molar-refractivity contribution in [3.63, 3.8) is 0 Å². The number of nitriles is 1. The van der Waals surface area contributed by atoms with Crippen molar-refractivity contribution in [2.75, 3.05) is 11.9 Å². The van der Waals surface area contributed by atoms with Gasteiger partial charge in [-0.05, 0) is 12.1 Å². The molecule has 0 aliphatic carbocycles. The Morgan fingerprint density at radius 3 is 2.72 bits per heavy atom. The number of hydrogen-bond acceptors (Lipinski definition) is 5. The molecule has 1 unspecified atom stereocenters. The molecule has 96 valence electrons. The molecule has 0 fully saturated rings. The summed E-state index contributed by atoms with van der Waals surface area (Å²) in [4.78, 5) is 9.83. The lowest BCUT2D eigenvalue weighted by Crippen LogP contribution is -2.26. The highest BCUT2D eigenvalue weighted by molar-refractivity contribution is 5.58. The van der Waals surface area contributed by atoms with Crippen molar-refractivity contribution in [3.05, 3.63) is 33.9 Å². The van der Waals surface area contributed by atoms with E-state index >= 15 is 0 Å². The molecule has 8 heteroatoms. The minimum atomic E-state index is -2.88. The summed E-state index contributed by atoms with van der Waals surface area (Å²) in [6, 6.07) is 5.17. The molecule has 0 aliphatic rings. The van der Waals surface area contributed by atoms with E-state index in [1.54, 1.807) is 6.07 Å². The molecular weight excluding hydrogens is 248 g/mol. The number of rotatable bonds is 5. The fourth-order valence-electron chi connectivity index (χ4n) is 1.21. The fraction of sp³-hybridized carbons (Fsp3) is 0.300. The van der Waals surface area contributed by atoms with Gasteiger partial charge in [0.05, 0.1) is 4.92 Å². The summed E-state index contributed by atoms with van der Waals surface area (Å²) >= 11 is 0. The predicted octanol–water partition coefficient (Wildman–Crippen LogP) is 1.50. The second-order valence-electron chi connectivity index (χ2n) is 3.38. The summed E-state index contributed by atoms with van der Waals surface area (Å²) in [7, 11) is 0. The number of nitrogens with zero attached hydrogens (tertiary/aromatic N) is 2. The van der Waals surface area contributed by atoms with E-state index < -0.39 is 24.0 Å². The molecule has 0 radical (unpaired) electrons. The molecule has 2 N–H and O–H groups in total. The molecule has 0 bridgehead atoms. The number of nitro groups is 1. The maximum atomic E-state index is 12.0. The zero-order valence-corrected chi connectivity index (χ0v) is 9.01. The maximum absolute atomic E-state index is 12.0. The zero-order chi connectivity index (χ0) is 13.7. The van der Waals surface area contributed by atoms with E-state index in [0.29, 0.717) is 0 Å². The van der Waals surface area contributed by atoms with Crippen LogP contribution in [0.1, 0.15) is 5.56 Å². The molecule has 1 aromatic rings. The van der Waals surface area contributed by atoms with Gasteiger partial charge < -0.3 is 10.4 Å². The number of benzene rings is 1. The van der Waals surface area contributed by atoms with Gasteiger partial charge in [-0.3, -0.25) is 10.1 Å². The first kappa shape index (κ1) is 13.8. The average molecular weight is 257 g/mol. The summed E-state index contributed by atoms with van der Waals surface area (Å²) in [5.41, 5.74) is -0.300. The Balaban J connectivity index is 2.81. The number of anilines is 1. The van der Waals surface area contributed by atoms with Crippen molar-refractivity contribution < 1.29 is 18.8 Å². The van der Waals surface area contributed by atoms with Crippen LogP contribution in [0.5, 0.6) is 0 Å². The van der Waals surface area contributed by atoms with Gasteiger partial charge in [0.15, 0.2) is 0 Å².